The van der Waals surface area contributed by atoms with E-state index in [0.29, 0.717) is 5.92 Å². The molecule has 0 amide bonds. The van der Waals surface area contributed by atoms with Gasteiger partial charge in [-0.3, -0.25) is 0 Å². The highest BCUT2D eigenvalue weighted by molar-refractivity contribution is 5.46. The van der Waals surface area contributed by atoms with Crippen LogP contribution in [0.3, 0.4) is 0 Å². The first-order valence-corrected chi connectivity index (χ1v) is 7.01. The molecule has 3 heteroatoms. The second-order valence-corrected chi connectivity index (χ2v) is 5.41. The summed E-state index contributed by atoms with van der Waals surface area (Å²) in [6.07, 6.45) is 3.49. The number of fused-ring (bicyclic) bond motifs is 1. The standard InChI is InChI=1S/C17H18N2O/c1-19(18-20)16-10-6-13(7-11-16)12-15-9-8-14-4-2-3-5-17(14)15/h2-7,10-11,15H,8-9,12H2,1H3/t15-/m1/s1. The first kappa shape index (κ1) is 12.9. The van der Waals surface area contributed by atoms with E-state index in [1.54, 1.807) is 7.05 Å². The molecular weight excluding hydrogens is 248 g/mol. The number of benzene rings is 2. The van der Waals surface area contributed by atoms with Gasteiger partial charge in [0.15, 0.2) is 0 Å². The van der Waals surface area contributed by atoms with Crippen molar-refractivity contribution in [1.82, 2.24) is 0 Å². The van der Waals surface area contributed by atoms with Gasteiger partial charge >= 0.3 is 0 Å². The molecule has 0 bridgehead atoms. The van der Waals surface area contributed by atoms with E-state index in [1.807, 2.05) is 12.1 Å². The summed E-state index contributed by atoms with van der Waals surface area (Å²) in [5.74, 6) is 0.624. The average molecular weight is 266 g/mol. The van der Waals surface area contributed by atoms with Gasteiger partial charge in [0.25, 0.3) is 0 Å². The Kier molecular flexibility index (Phi) is 3.50. The van der Waals surface area contributed by atoms with Crippen molar-refractivity contribution in [2.75, 3.05) is 12.1 Å². The summed E-state index contributed by atoms with van der Waals surface area (Å²) in [6, 6.07) is 16.9. The summed E-state index contributed by atoms with van der Waals surface area (Å²) in [5.41, 5.74) is 5.15. The maximum Gasteiger partial charge on any atom is 0.0623 e. The molecule has 0 aromatic heterocycles. The van der Waals surface area contributed by atoms with Crippen LogP contribution >= 0.6 is 0 Å². The highest BCUT2D eigenvalue weighted by Crippen LogP contribution is 2.35. The van der Waals surface area contributed by atoms with E-state index in [0.717, 1.165) is 12.1 Å². The van der Waals surface area contributed by atoms with Crippen molar-refractivity contribution < 1.29 is 0 Å². The second-order valence-electron chi connectivity index (χ2n) is 5.41. The van der Waals surface area contributed by atoms with Crippen LogP contribution in [-0.4, -0.2) is 7.05 Å². The fourth-order valence-corrected chi connectivity index (χ4v) is 3.04. The molecule has 1 aliphatic rings. The van der Waals surface area contributed by atoms with Crippen molar-refractivity contribution in [2.45, 2.75) is 25.2 Å². The lowest BCUT2D eigenvalue weighted by molar-refractivity contribution is 0.674. The molecule has 0 unspecified atom stereocenters. The molecule has 0 heterocycles. The Balaban J connectivity index is 1.74. The van der Waals surface area contributed by atoms with Crippen molar-refractivity contribution in [1.29, 1.82) is 0 Å². The molecule has 0 N–H and O–H groups in total. The molecule has 2 aromatic rings. The number of hydrogen-bond donors (Lipinski definition) is 0. The molecule has 0 radical (unpaired) electrons. The molecule has 1 atom stereocenters. The van der Waals surface area contributed by atoms with Crippen LogP contribution in [0.5, 0.6) is 0 Å². The lowest BCUT2D eigenvalue weighted by Gasteiger charge is -2.13. The summed E-state index contributed by atoms with van der Waals surface area (Å²) in [7, 11) is 1.66. The molecule has 0 fully saturated rings. The van der Waals surface area contributed by atoms with Crippen molar-refractivity contribution in [3.8, 4) is 0 Å². The summed E-state index contributed by atoms with van der Waals surface area (Å²) in [4.78, 5) is 10.5. The molecule has 3 rings (SSSR count). The predicted octanol–water partition coefficient (Wildman–Crippen LogP) is 4.08. The lowest BCUT2D eigenvalue weighted by atomic mass is 9.93. The summed E-state index contributed by atoms with van der Waals surface area (Å²) in [5, 5.41) is 4.25. The Bertz CT molecular complexity index is 607. The van der Waals surface area contributed by atoms with Crippen LogP contribution in [0.2, 0.25) is 0 Å². The highest BCUT2D eigenvalue weighted by Gasteiger charge is 2.21. The van der Waals surface area contributed by atoms with Crippen LogP contribution in [-0.2, 0) is 12.8 Å². The Morgan fingerprint density at radius 2 is 1.90 bits per heavy atom. The number of nitroso groups, excluding NO2 is 1. The van der Waals surface area contributed by atoms with Crippen molar-refractivity contribution >= 4 is 5.69 Å². The Morgan fingerprint density at radius 1 is 1.15 bits per heavy atom. The number of nitrogens with zero attached hydrogens (tertiary/aromatic N) is 2. The minimum Gasteiger partial charge on any atom is -0.232 e. The average Bonchev–Trinajstić information content (AvgIpc) is 2.91. The van der Waals surface area contributed by atoms with E-state index in [-0.39, 0.29) is 0 Å². The third-order valence-corrected chi connectivity index (χ3v) is 4.17. The minimum atomic E-state index is 0.624. The highest BCUT2D eigenvalue weighted by atomic mass is 16.3. The van der Waals surface area contributed by atoms with Gasteiger partial charge in [0, 0.05) is 7.05 Å². The van der Waals surface area contributed by atoms with Crippen molar-refractivity contribution in [3.63, 3.8) is 0 Å². The molecule has 3 nitrogen and oxygen atoms in total. The largest absolute Gasteiger partial charge is 0.232 e. The van der Waals surface area contributed by atoms with E-state index in [4.69, 9.17) is 0 Å². The van der Waals surface area contributed by atoms with Crippen LogP contribution in [0.4, 0.5) is 5.69 Å². The van der Waals surface area contributed by atoms with Gasteiger partial charge in [-0.15, -0.1) is 4.91 Å². The van der Waals surface area contributed by atoms with E-state index >= 15 is 0 Å². The SMILES string of the molecule is CN(N=O)c1ccc(C[C@H]2CCc3ccccc32)cc1. The van der Waals surface area contributed by atoms with Crippen molar-refractivity contribution in [2.24, 2.45) is 5.29 Å². The minimum absolute atomic E-state index is 0.624. The van der Waals surface area contributed by atoms with Gasteiger partial charge in [-0.1, -0.05) is 36.4 Å². The normalized spacial score (nSPS) is 16.8. The molecule has 0 saturated heterocycles. The second kappa shape index (κ2) is 5.45. The Hall–Kier alpha value is -2.16. The molecule has 0 saturated carbocycles. The number of anilines is 1. The first-order valence-electron chi connectivity index (χ1n) is 7.01. The third-order valence-electron chi connectivity index (χ3n) is 4.17. The Morgan fingerprint density at radius 3 is 2.65 bits per heavy atom. The van der Waals surface area contributed by atoms with Gasteiger partial charge in [0.05, 0.1) is 11.0 Å². The molecule has 2 aromatic carbocycles. The van der Waals surface area contributed by atoms with Gasteiger partial charge in [-0.05, 0) is 54.0 Å². The monoisotopic (exact) mass is 266 g/mol. The molecule has 102 valence electrons. The van der Waals surface area contributed by atoms with Gasteiger partial charge < -0.3 is 0 Å². The summed E-state index contributed by atoms with van der Waals surface area (Å²) < 4.78 is 0. The zero-order valence-corrected chi connectivity index (χ0v) is 11.6. The fraction of sp³-hybridized carbons (Fsp3) is 0.294. The number of aryl methyl sites for hydroxylation is 1. The van der Waals surface area contributed by atoms with Crippen LogP contribution in [0, 0.1) is 4.91 Å². The molecule has 1 aliphatic carbocycles. The Labute approximate surface area is 119 Å². The van der Waals surface area contributed by atoms with Crippen LogP contribution in [0.25, 0.3) is 0 Å². The van der Waals surface area contributed by atoms with Crippen molar-refractivity contribution in [3.05, 3.63) is 70.1 Å². The maximum absolute atomic E-state index is 10.5. The van der Waals surface area contributed by atoms with Crippen LogP contribution in [0.15, 0.2) is 53.8 Å². The zero-order chi connectivity index (χ0) is 13.9. The van der Waals surface area contributed by atoms with Gasteiger partial charge in [0.1, 0.15) is 0 Å². The maximum atomic E-state index is 10.5. The third kappa shape index (κ3) is 2.44. The van der Waals surface area contributed by atoms with Gasteiger partial charge in [-0.25, -0.2) is 5.01 Å². The molecular formula is C17H18N2O. The van der Waals surface area contributed by atoms with E-state index in [1.165, 1.54) is 34.5 Å². The predicted molar refractivity (Wildman–Crippen MR) is 81.8 cm³/mol. The van der Waals surface area contributed by atoms with E-state index in [2.05, 4.69) is 41.7 Å². The number of rotatable bonds is 4. The first-order chi connectivity index (χ1) is 9.78. The van der Waals surface area contributed by atoms with Gasteiger partial charge in [-0.2, -0.15) is 0 Å². The fourth-order valence-electron chi connectivity index (χ4n) is 3.04. The topological polar surface area (TPSA) is 32.7 Å². The zero-order valence-electron chi connectivity index (χ0n) is 11.6. The summed E-state index contributed by atoms with van der Waals surface area (Å²) >= 11 is 0. The molecule has 20 heavy (non-hydrogen) atoms. The van der Waals surface area contributed by atoms with Crippen LogP contribution in [0.1, 0.15) is 29.0 Å². The van der Waals surface area contributed by atoms with E-state index < -0.39 is 0 Å². The lowest BCUT2D eigenvalue weighted by Crippen LogP contribution is -2.06. The van der Waals surface area contributed by atoms with Crippen LogP contribution < -0.4 is 5.01 Å². The number of hydrogen-bond acceptors (Lipinski definition) is 2. The van der Waals surface area contributed by atoms with E-state index in [9.17, 15) is 4.91 Å². The smallest absolute Gasteiger partial charge is 0.0623 e. The molecule has 0 spiro atoms. The molecule has 0 aliphatic heterocycles. The van der Waals surface area contributed by atoms with Gasteiger partial charge in [0.2, 0.25) is 0 Å². The quantitative estimate of drug-likeness (QED) is 0.617. The summed E-state index contributed by atoms with van der Waals surface area (Å²) in [6.45, 7) is 0.